The standard InChI is InChI=1S/C19H22ClN3O2.ClH/c1-13(12-21)22-19(25)17(11-14-5-3-2-4-6-14)23-18(24)15-7-9-16(20)10-8-15;/h2-10,13,17H,11-12,21H2,1H3,(H,22,25)(H,23,24);1H/t13-,17?;/m0./s1. The summed E-state index contributed by atoms with van der Waals surface area (Å²) in [5.74, 6) is -0.586. The minimum Gasteiger partial charge on any atom is -0.351 e. The third-order valence-electron chi connectivity index (χ3n) is 3.75. The van der Waals surface area contributed by atoms with Gasteiger partial charge < -0.3 is 16.4 Å². The van der Waals surface area contributed by atoms with Gasteiger partial charge in [-0.25, -0.2) is 0 Å². The second-order valence-electron chi connectivity index (χ2n) is 5.87. The van der Waals surface area contributed by atoms with E-state index in [1.54, 1.807) is 24.3 Å². The lowest BCUT2D eigenvalue weighted by Gasteiger charge is -2.21. The topological polar surface area (TPSA) is 84.2 Å². The normalized spacial score (nSPS) is 12.4. The van der Waals surface area contributed by atoms with Crippen LogP contribution in [0.5, 0.6) is 0 Å². The van der Waals surface area contributed by atoms with Gasteiger partial charge in [-0.05, 0) is 36.8 Å². The van der Waals surface area contributed by atoms with Gasteiger partial charge in [0, 0.05) is 29.6 Å². The lowest BCUT2D eigenvalue weighted by Crippen LogP contribution is -2.51. The molecule has 2 amide bonds. The molecule has 0 aliphatic heterocycles. The first-order valence-electron chi connectivity index (χ1n) is 8.10. The van der Waals surface area contributed by atoms with Gasteiger partial charge in [-0.2, -0.15) is 0 Å². The summed E-state index contributed by atoms with van der Waals surface area (Å²) in [4.78, 5) is 25.0. The number of amides is 2. The molecule has 7 heteroatoms. The highest BCUT2D eigenvalue weighted by Crippen LogP contribution is 2.10. The van der Waals surface area contributed by atoms with Crippen molar-refractivity contribution in [2.24, 2.45) is 5.73 Å². The molecule has 0 fully saturated rings. The molecule has 0 heterocycles. The maximum atomic E-state index is 12.5. The molecule has 0 saturated heterocycles. The van der Waals surface area contributed by atoms with Gasteiger partial charge in [-0.15, -0.1) is 12.4 Å². The Bertz CT molecular complexity index is 708. The predicted molar refractivity (Wildman–Crippen MR) is 107 cm³/mol. The number of carbonyl (C=O) groups is 2. The Morgan fingerprint density at radius 2 is 1.65 bits per heavy atom. The Morgan fingerprint density at radius 3 is 2.23 bits per heavy atom. The van der Waals surface area contributed by atoms with E-state index in [-0.39, 0.29) is 30.3 Å². The van der Waals surface area contributed by atoms with Crippen LogP contribution in [0.3, 0.4) is 0 Å². The summed E-state index contributed by atoms with van der Waals surface area (Å²) in [6.07, 6.45) is 0.392. The first-order valence-corrected chi connectivity index (χ1v) is 8.48. The van der Waals surface area contributed by atoms with Crippen LogP contribution < -0.4 is 16.4 Å². The molecule has 2 aromatic carbocycles. The van der Waals surface area contributed by atoms with Crippen LogP contribution in [0.15, 0.2) is 54.6 Å². The molecule has 0 saturated carbocycles. The molecule has 2 aromatic rings. The number of carbonyl (C=O) groups excluding carboxylic acids is 2. The molecule has 0 aliphatic carbocycles. The summed E-state index contributed by atoms with van der Waals surface area (Å²) >= 11 is 5.85. The highest BCUT2D eigenvalue weighted by molar-refractivity contribution is 6.30. The third kappa shape index (κ3) is 6.67. The summed E-state index contributed by atoms with van der Waals surface area (Å²) in [7, 11) is 0. The fourth-order valence-electron chi connectivity index (χ4n) is 2.30. The average Bonchev–Trinajstić information content (AvgIpc) is 2.62. The Labute approximate surface area is 164 Å². The molecule has 0 spiro atoms. The maximum Gasteiger partial charge on any atom is 0.251 e. The van der Waals surface area contributed by atoms with Crippen molar-refractivity contribution in [3.63, 3.8) is 0 Å². The van der Waals surface area contributed by atoms with E-state index in [0.717, 1.165) is 5.56 Å². The highest BCUT2D eigenvalue weighted by atomic mass is 35.5. The van der Waals surface area contributed by atoms with Crippen LogP contribution in [0.25, 0.3) is 0 Å². The fourth-order valence-corrected chi connectivity index (χ4v) is 2.43. The molecule has 0 bridgehead atoms. The van der Waals surface area contributed by atoms with Crippen LogP contribution in [-0.2, 0) is 11.2 Å². The van der Waals surface area contributed by atoms with Crippen molar-refractivity contribution < 1.29 is 9.59 Å². The van der Waals surface area contributed by atoms with Crippen LogP contribution in [0.1, 0.15) is 22.8 Å². The molecular weight excluding hydrogens is 373 g/mol. The fraction of sp³-hybridized carbons (Fsp3) is 0.263. The molecule has 2 rings (SSSR count). The van der Waals surface area contributed by atoms with Gasteiger partial charge in [0.1, 0.15) is 6.04 Å². The Morgan fingerprint density at radius 1 is 1.04 bits per heavy atom. The van der Waals surface area contributed by atoms with Gasteiger partial charge in [0.15, 0.2) is 0 Å². The Kier molecular flexibility index (Phi) is 9.13. The van der Waals surface area contributed by atoms with E-state index in [4.69, 9.17) is 17.3 Å². The van der Waals surface area contributed by atoms with Crippen LogP contribution in [-0.4, -0.2) is 30.4 Å². The van der Waals surface area contributed by atoms with Crippen LogP contribution in [0.4, 0.5) is 0 Å². The summed E-state index contributed by atoms with van der Waals surface area (Å²) in [6, 6.07) is 15.2. The second-order valence-corrected chi connectivity index (χ2v) is 6.30. The molecule has 0 aliphatic rings. The first-order chi connectivity index (χ1) is 12.0. The zero-order valence-corrected chi connectivity index (χ0v) is 16.0. The summed E-state index contributed by atoms with van der Waals surface area (Å²) < 4.78 is 0. The van der Waals surface area contributed by atoms with Crippen molar-refractivity contribution in [2.75, 3.05) is 6.54 Å². The van der Waals surface area contributed by atoms with E-state index < -0.39 is 6.04 Å². The maximum absolute atomic E-state index is 12.5. The molecule has 4 N–H and O–H groups in total. The molecule has 26 heavy (non-hydrogen) atoms. The minimum atomic E-state index is -0.695. The summed E-state index contributed by atoms with van der Waals surface area (Å²) in [6.45, 7) is 2.15. The molecule has 5 nitrogen and oxygen atoms in total. The minimum absolute atomic E-state index is 0. The zero-order chi connectivity index (χ0) is 18.2. The lowest BCUT2D eigenvalue weighted by molar-refractivity contribution is -0.123. The van der Waals surface area contributed by atoms with Gasteiger partial charge in [0.05, 0.1) is 0 Å². The van der Waals surface area contributed by atoms with E-state index >= 15 is 0 Å². The van der Waals surface area contributed by atoms with Gasteiger partial charge in [-0.3, -0.25) is 9.59 Å². The van der Waals surface area contributed by atoms with Crippen molar-refractivity contribution in [3.05, 3.63) is 70.7 Å². The number of benzene rings is 2. The van der Waals surface area contributed by atoms with Crippen LogP contribution in [0, 0.1) is 0 Å². The number of rotatable bonds is 7. The van der Waals surface area contributed by atoms with Gasteiger partial charge in [-0.1, -0.05) is 41.9 Å². The molecule has 0 radical (unpaired) electrons. The number of hydrogen-bond acceptors (Lipinski definition) is 3. The number of halogens is 2. The molecule has 0 aromatic heterocycles. The van der Waals surface area contributed by atoms with Crippen molar-refractivity contribution in [3.8, 4) is 0 Å². The van der Waals surface area contributed by atoms with E-state index in [9.17, 15) is 9.59 Å². The molecule has 140 valence electrons. The third-order valence-corrected chi connectivity index (χ3v) is 4.01. The number of nitrogens with two attached hydrogens (primary N) is 1. The summed E-state index contributed by atoms with van der Waals surface area (Å²) in [5.41, 5.74) is 6.97. The Hall–Kier alpha value is -2.08. The highest BCUT2D eigenvalue weighted by Gasteiger charge is 2.22. The quantitative estimate of drug-likeness (QED) is 0.673. The van der Waals surface area contributed by atoms with E-state index in [2.05, 4.69) is 10.6 Å². The number of hydrogen-bond donors (Lipinski definition) is 3. The van der Waals surface area contributed by atoms with E-state index in [1.165, 1.54) is 0 Å². The van der Waals surface area contributed by atoms with Crippen molar-refractivity contribution in [2.45, 2.75) is 25.4 Å². The van der Waals surface area contributed by atoms with Gasteiger partial charge in [0.25, 0.3) is 5.91 Å². The van der Waals surface area contributed by atoms with E-state index in [0.29, 0.717) is 23.6 Å². The monoisotopic (exact) mass is 395 g/mol. The summed E-state index contributed by atoms with van der Waals surface area (Å²) in [5, 5.41) is 6.16. The average molecular weight is 396 g/mol. The SMILES string of the molecule is C[C@@H](CN)NC(=O)C(Cc1ccccc1)NC(=O)c1ccc(Cl)cc1.Cl. The van der Waals surface area contributed by atoms with E-state index in [1.807, 2.05) is 37.3 Å². The second kappa shape index (κ2) is 10.8. The first kappa shape index (κ1) is 22.0. The predicted octanol–water partition coefficient (Wildman–Crippen LogP) is 2.57. The van der Waals surface area contributed by atoms with Gasteiger partial charge >= 0.3 is 0 Å². The van der Waals surface area contributed by atoms with Crippen molar-refractivity contribution >= 4 is 35.8 Å². The smallest absolute Gasteiger partial charge is 0.251 e. The van der Waals surface area contributed by atoms with Crippen LogP contribution >= 0.6 is 24.0 Å². The van der Waals surface area contributed by atoms with Crippen molar-refractivity contribution in [1.82, 2.24) is 10.6 Å². The molecular formula is C19H23Cl2N3O2. The van der Waals surface area contributed by atoms with Crippen molar-refractivity contribution in [1.29, 1.82) is 0 Å². The lowest BCUT2D eigenvalue weighted by atomic mass is 10.0. The van der Waals surface area contributed by atoms with Crippen LogP contribution in [0.2, 0.25) is 5.02 Å². The zero-order valence-electron chi connectivity index (χ0n) is 14.4. The largest absolute Gasteiger partial charge is 0.351 e. The molecule has 2 atom stereocenters. The number of nitrogens with one attached hydrogen (secondary N) is 2. The molecule has 1 unspecified atom stereocenters. The van der Waals surface area contributed by atoms with Gasteiger partial charge in [0.2, 0.25) is 5.91 Å². The Balaban J connectivity index is 0.00000338.